The van der Waals surface area contributed by atoms with Gasteiger partial charge in [0.25, 0.3) is 0 Å². The van der Waals surface area contributed by atoms with Crippen LogP contribution in [0, 0.1) is 18.3 Å². The quantitative estimate of drug-likeness (QED) is 0.318. The minimum Gasteiger partial charge on any atom is -0.496 e. The van der Waals surface area contributed by atoms with Crippen LogP contribution in [0.3, 0.4) is 0 Å². The van der Waals surface area contributed by atoms with Crippen molar-refractivity contribution >= 4 is 25.1 Å². The summed E-state index contributed by atoms with van der Waals surface area (Å²) < 4.78 is 13.2. The van der Waals surface area contributed by atoms with Crippen LogP contribution in [0.15, 0.2) is 36.5 Å². The lowest BCUT2D eigenvalue weighted by atomic mass is 10.0. The zero-order valence-electron chi connectivity index (χ0n) is 21.1. The number of aromatic nitrogens is 1. The third-order valence-corrected chi connectivity index (χ3v) is 8.44. The van der Waals surface area contributed by atoms with Gasteiger partial charge in [-0.1, -0.05) is 25.7 Å². The van der Waals surface area contributed by atoms with Crippen LogP contribution in [0.25, 0.3) is 10.9 Å². The molecule has 1 aliphatic heterocycles. The molecular formula is C27H33N3O4Si. The summed E-state index contributed by atoms with van der Waals surface area (Å²) in [6.07, 6.45) is 0.586. The molecule has 7 nitrogen and oxygen atoms in total. The van der Waals surface area contributed by atoms with Crippen LogP contribution in [-0.2, 0) is 17.8 Å². The van der Waals surface area contributed by atoms with E-state index in [0.717, 1.165) is 40.5 Å². The van der Waals surface area contributed by atoms with Crippen molar-refractivity contribution in [2.24, 2.45) is 0 Å². The molecule has 184 valence electrons. The Balaban J connectivity index is 1.69. The number of ether oxygens (including phenoxy) is 2. The fourth-order valence-electron chi connectivity index (χ4n) is 4.87. The second kappa shape index (κ2) is 9.86. The molecule has 0 aliphatic carbocycles. The number of nitriles is 1. The molecule has 1 N–H and O–H groups in total. The van der Waals surface area contributed by atoms with Crippen molar-refractivity contribution in [1.82, 2.24) is 9.47 Å². The molecule has 2 aromatic carbocycles. The highest BCUT2D eigenvalue weighted by Crippen LogP contribution is 2.39. The van der Waals surface area contributed by atoms with E-state index in [2.05, 4.69) is 30.6 Å². The number of carbonyl (C=O) groups is 1. The monoisotopic (exact) mass is 491 g/mol. The molecule has 1 aliphatic rings. The molecule has 1 atom stereocenters. The van der Waals surface area contributed by atoms with Crippen LogP contribution in [0.2, 0.25) is 25.7 Å². The van der Waals surface area contributed by atoms with Gasteiger partial charge in [0.1, 0.15) is 5.75 Å². The topological polar surface area (TPSA) is 87.7 Å². The minimum atomic E-state index is -1.19. The zero-order valence-corrected chi connectivity index (χ0v) is 22.1. The fourth-order valence-corrected chi connectivity index (χ4v) is 5.63. The molecule has 35 heavy (non-hydrogen) atoms. The van der Waals surface area contributed by atoms with Gasteiger partial charge < -0.3 is 14.6 Å². The van der Waals surface area contributed by atoms with Crippen molar-refractivity contribution < 1.29 is 19.4 Å². The second-order valence-electron chi connectivity index (χ2n) is 10.4. The molecule has 2 heterocycles. The molecule has 1 aromatic heterocycles. The van der Waals surface area contributed by atoms with Crippen molar-refractivity contribution in [3.63, 3.8) is 0 Å². The van der Waals surface area contributed by atoms with E-state index in [1.165, 1.54) is 10.1 Å². The Morgan fingerprint density at radius 3 is 2.69 bits per heavy atom. The zero-order chi connectivity index (χ0) is 25.3. The van der Waals surface area contributed by atoms with Gasteiger partial charge in [-0.3, -0.25) is 9.47 Å². The number of hydrogen-bond acceptors (Lipinski definition) is 5. The van der Waals surface area contributed by atoms with Crippen LogP contribution >= 0.6 is 0 Å². The highest BCUT2D eigenvalue weighted by Gasteiger charge is 2.32. The van der Waals surface area contributed by atoms with Crippen molar-refractivity contribution in [3.05, 3.63) is 64.3 Å². The van der Waals surface area contributed by atoms with Gasteiger partial charge in [-0.05, 0) is 53.9 Å². The van der Waals surface area contributed by atoms with Crippen LogP contribution in [-0.4, -0.2) is 49.1 Å². The van der Waals surface area contributed by atoms with E-state index >= 15 is 0 Å². The Labute approximate surface area is 207 Å². The number of hydrogen-bond donors (Lipinski definition) is 1. The Morgan fingerprint density at radius 2 is 2.03 bits per heavy atom. The average Bonchev–Trinajstić information content (AvgIpc) is 3.39. The van der Waals surface area contributed by atoms with E-state index in [1.54, 1.807) is 13.3 Å². The van der Waals surface area contributed by atoms with E-state index in [1.807, 2.05) is 37.3 Å². The molecule has 0 saturated heterocycles. The molecule has 0 saturated carbocycles. The highest BCUT2D eigenvalue weighted by molar-refractivity contribution is 6.76. The van der Waals surface area contributed by atoms with E-state index in [9.17, 15) is 15.2 Å². The molecule has 0 spiro atoms. The second-order valence-corrected chi connectivity index (χ2v) is 16.1. The number of rotatable bonds is 8. The molecule has 0 fully saturated rings. The fraction of sp³-hybridized carbons (Fsp3) is 0.407. The molecule has 0 radical (unpaired) electrons. The number of aryl methyl sites for hydroxylation is 1. The van der Waals surface area contributed by atoms with Crippen LogP contribution in [0.4, 0.5) is 4.79 Å². The summed E-state index contributed by atoms with van der Waals surface area (Å²) in [5.41, 5.74) is 5.45. The molecular weight excluding hydrogens is 458 g/mol. The number of methoxy groups -OCH3 is 1. The third-order valence-electron chi connectivity index (χ3n) is 6.73. The van der Waals surface area contributed by atoms with Crippen LogP contribution in [0.5, 0.6) is 5.75 Å². The standard InChI is InChI=1S/C27H33N3O4Si/c1-18-12-25(33-2)23(22-8-9-30(26(18)22)27(31)32)16-29-15-20-13-19(14-28)6-7-21(20)24(29)17-34-10-11-35(3,4)5/h6-9,12-13,24H,10-11,15-17H2,1-5H3,(H,31,32). The summed E-state index contributed by atoms with van der Waals surface area (Å²) in [5, 5.41) is 19.9. The first-order valence-corrected chi connectivity index (χ1v) is 15.6. The van der Waals surface area contributed by atoms with E-state index in [-0.39, 0.29) is 6.04 Å². The van der Waals surface area contributed by atoms with Gasteiger partial charge in [-0.2, -0.15) is 5.26 Å². The van der Waals surface area contributed by atoms with Crippen molar-refractivity contribution in [1.29, 1.82) is 5.26 Å². The Morgan fingerprint density at radius 1 is 1.26 bits per heavy atom. The first-order valence-electron chi connectivity index (χ1n) is 11.9. The van der Waals surface area contributed by atoms with Gasteiger partial charge >= 0.3 is 6.09 Å². The maximum Gasteiger partial charge on any atom is 0.416 e. The summed E-state index contributed by atoms with van der Waals surface area (Å²) in [7, 11) is 0.453. The van der Waals surface area contributed by atoms with E-state index < -0.39 is 14.2 Å². The normalized spacial score (nSPS) is 15.8. The SMILES string of the molecule is COc1cc(C)c2c(ccn2C(=O)O)c1CN1Cc2cc(C#N)ccc2C1COCC[Si](C)(C)C. The maximum absolute atomic E-state index is 11.8. The lowest BCUT2D eigenvalue weighted by Gasteiger charge is -2.27. The number of fused-ring (bicyclic) bond motifs is 2. The number of nitrogens with zero attached hydrogens (tertiary/aromatic N) is 3. The van der Waals surface area contributed by atoms with Gasteiger partial charge in [0.15, 0.2) is 0 Å². The molecule has 0 bridgehead atoms. The molecule has 1 unspecified atom stereocenters. The van der Waals surface area contributed by atoms with Crippen LogP contribution in [0.1, 0.15) is 33.9 Å². The summed E-state index contributed by atoms with van der Waals surface area (Å²) in [4.78, 5) is 14.1. The lowest BCUT2D eigenvalue weighted by Crippen LogP contribution is -2.27. The highest BCUT2D eigenvalue weighted by atomic mass is 28.3. The lowest BCUT2D eigenvalue weighted by molar-refractivity contribution is 0.0680. The summed E-state index contributed by atoms with van der Waals surface area (Å²) in [5.74, 6) is 0.741. The molecule has 0 amide bonds. The minimum absolute atomic E-state index is 0.0435. The Hall–Kier alpha value is -3.12. The molecule has 3 aromatic rings. The van der Waals surface area contributed by atoms with Crippen molar-refractivity contribution in [2.45, 2.75) is 51.7 Å². The molecule has 8 heteroatoms. The Kier molecular flexibility index (Phi) is 7.04. The van der Waals surface area contributed by atoms with Gasteiger partial charge in [0.2, 0.25) is 0 Å². The first kappa shape index (κ1) is 25.0. The maximum atomic E-state index is 11.8. The Bertz CT molecular complexity index is 1300. The van der Waals surface area contributed by atoms with Crippen molar-refractivity contribution in [3.8, 4) is 11.8 Å². The van der Waals surface area contributed by atoms with Crippen LogP contribution < -0.4 is 4.74 Å². The predicted octanol–water partition coefficient (Wildman–Crippen LogP) is 5.77. The van der Waals surface area contributed by atoms with Gasteiger partial charge in [-0.25, -0.2) is 4.79 Å². The summed E-state index contributed by atoms with van der Waals surface area (Å²) in [6.45, 7) is 11.5. The average molecular weight is 492 g/mol. The first-order chi connectivity index (χ1) is 16.6. The van der Waals surface area contributed by atoms with Gasteiger partial charge in [0.05, 0.1) is 36.9 Å². The third kappa shape index (κ3) is 5.13. The predicted molar refractivity (Wildman–Crippen MR) is 139 cm³/mol. The van der Waals surface area contributed by atoms with Gasteiger partial charge in [0, 0.05) is 44.9 Å². The molecule has 4 rings (SSSR count). The van der Waals surface area contributed by atoms with E-state index in [0.29, 0.717) is 30.8 Å². The largest absolute Gasteiger partial charge is 0.496 e. The van der Waals surface area contributed by atoms with Crippen molar-refractivity contribution in [2.75, 3.05) is 20.3 Å². The summed E-state index contributed by atoms with van der Waals surface area (Å²) >= 11 is 0. The number of benzene rings is 2. The smallest absolute Gasteiger partial charge is 0.416 e. The van der Waals surface area contributed by atoms with E-state index in [4.69, 9.17) is 9.47 Å². The number of carboxylic acid groups (broad SMARTS) is 1. The van der Waals surface area contributed by atoms with Gasteiger partial charge in [-0.15, -0.1) is 0 Å². The summed E-state index contributed by atoms with van der Waals surface area (Å²) in [6, 6.07) is 13.0.